The first kappa shape index (κ1) is 33.2. The van der Waals surface area contributed by atoms with Crippen LogP contribution in [0.3, 0.4) is 0 Å². The largest absolute Gasteiger partial charge is 0.367 e. The summed E-state index contributed by atoms with van der Waals surface area (Å²) in [4.78, 5) is 40.6. The SMILES string of the molecule is CCC(=O)NC1CCC(n2c(=O)c(-c3cccc(F)c3Cl)c(C)c3cnc(Nc4ccc(N5CCN(C)C(C)C5)c(Cl)c4)nc32)CC1. The lowest BCUT2D eigenvalue weighted by atomic mass is 9.90. The van der Waals surface area contributed by atoms with Crippen molar-refractivity contribution in [1.29, 1.82) is 0 Å². The smallest absolute Gasteiger partial charge is 0.260 e. The van der Waals surface area contributed by atoms with Crippen molar-refractivity contribution >= 4 is 57.5 Å². The van der Waals surface area contributed by atoms with E-state index >= 15 is 0 Å². The predicted octanol–water partition coefficient (Wildman–Crippen LogP) is 7.11. The van der Waals surface area contributed by atoms with Gasteiger partial charge in [-0.15, -0.1) is 0 Å². The van der Waals surface area contributed by atoms with Crippen LogP contribution in [0.1, 0.15) is 57.6 Å². The predicted molar refractivity (Wildman–Crippen MR) is 188 cm³/mol. The Kier molecular flexibility index (Phi) is 9.73. The van der Waals surface area contributed by atoms with Crippen molar-refractivity contribution in [2.75, 3.05) is 36.9 Å². The van der Waals surface area contributed by atoms with Crippen LogP contribution in [0.25, 0.3) is 22.2 Å². The van der Waals surface area contributed by atoms with E-state index in [4.69, 9.17) is 28.2 Å². The monoisotopic (exact) mass is 679 g/mol. The molecule has 1 saturated heterocycles. The van der Waals surface area contributed by atoms with E-state index in [0.29, 0.717) is 64.0 Å². The number of pyridine rings is 1. The zero-order chi connectivity index (χ0) is 33.4. The fourth-order valence-electron chi connectivity index (χ4n) is 6.79. The van der Waals surface area contributed by atoms with Gasteiger partial charge in [0.1, 0.15) is 11.5 Å². The van der Waals surface area contributed by atoms with E-state index in [1.165, 1.54) is 6.07 Å². The normalized spacial score (nSPS) is 20.4. The molecule has 0 radical (unpaired) electrons. The molecule has 2 aromatic carbocycles. The Morgan fingerprint density at radius 1 is 1.11 bits per heavy atom. The summed E-state index contributed by atoms with van der Waals surface area (Å²) in [6.45, 7) is 8.61. The fourth-order valence-corrected chi connectivity index (χ4v) is 7.31. The van der Waals surface area contributed by atoms with Crippen LogP contribution >= 0.6 is 23.2 Å². The maximum Gasteiger partial charge on any atom is 0.260 e. The zero-order valence-corrected chi connectivity index (χ0v) is 28.6. The molecule has 0 spiro atoms. The Morgan fingerprint density at radius 2 is 1.87 bits per heavy atom. The van der Waals surface area contributed by atoms with Gasteiger partial charge in [0.2, 0.25) is 11.9 Å². The molecule has 248 valence electrons. The second kappa shape index (κ2) is 13.8. The molecule has 12 heteroatoms. The van der Waals surface area contributed by atoms with E-state index in [9.17, 15) is 14.0 Å². The maximum absolute atomic E-state index is 14.6. The van der Waals surface area contributed by atoms with Crippen molar-refractivity contribution in [3.8, 4) is 11.1 Å². The lowest BCUT2D eigenvalue weighted by molar-refractivity contribution is -0.121. The molecule has 9 nitrogen and oxygen atoms in total. The third-order valence-corrected chi connectivity index (χ3v) is 10.4. The average Bonchev–Trinajstić information content (AvgIpc) is 3.05. The van der Waals surface area contributed by atoms with Crippen molar-refractivity contribution in [2.45, 2.75) is 71.0 Å². The van der Waals surface area contributed by atoms with Gasteiger partial charge >= 0.3 is 0 Å². The van der Waals surface area contributed by atoms with Crippen LogP contribution in [0.2, 0.25) is 10.0 Å². The molecule has 2 fully saturated rings. The summed E-state index contributed by atoms with van der Waals surface area (Å²) in [6.07, 6.45) is 4.90. The summed E-state index contributed by atoms with van der Waals surface area (Å²) in [5.41, 5.74) is 3.18. The number of likely N-dealkylation sites (N-methyl/N-ethyl adjacent to an activating group) is 1. The highest BCUT2D eigenvalue weighted by molar-refractivity contribution is 6.34. The quantitative estimate of drug-likeness (QED) is 0.215. The number of aryl methyl sites for hydroxylation is 1. The Bertz CT molecular complexity index is 1880. The van der Waals surface area contributed by atoms with Gasteiger partial charge in [0, 0.05) is 67.0 Å². The molecular formula is C35H40Cl2FN7O2. The molecule has 1 aliphatic heterocycles. The number of nitrogens with one attached hydrogen (secondary N) is 2. The average molecular weight is 681 g/mol. The minimum atomic E-state index is -0.593. The Labute approximate surface area is 284 Å². The molecule has 0 bridgehead atoms. The number of halogens is 3. The first-order valence-electron chi connectivity index (χ1n) is 16.2. The van der Waals surface area contributed by atoms with E-state index in [1.807, 2.05) is 32.0 Å². The molecular weight excluding hydrogens is 640 g/mol. The number of anilines is 3. The second-order valence-electron chi connectivity index (χ2n) is 12.7. The van der Waals surface area contributed by atoms with Crippen LogP contribution in [0, 0.1) is 12.7 Å². The van der Waals surface area contributed by atoms with Crippen molar-refractivity contribution < 1.29 is 9.18 Å². The maximum atomic E-state index is 14.6. The van der Waals surface area contributed by atoms with Crippen molar-refractivity contribution in [1.82, 2.24) is 24.8 Å². The number of carbonyl (C=O) groups excluding carboxylic acids is 1. The van der Waals surface area contributed by atoms with Crippen LogP contribution < -0.4 is 21.1 Å². The summed E-state index contributed by atoms with van der Waals surface area (Å²) >= 11 is 13.2. The standard InChI is InChI=1S/C35H40Cl2FN7O2/c1-5-30(46)40-22-9-12-24(13-10-22)45-33-26(21(3)31(34(45)47)25-7-6-8-28(38)32(25)37)18-39-35(42-33)41-23-11-14-29(27(36)17-23)44-16-15-43(4)20(2)19-44/h6-8,11,14,17-18,20,22,24H,5,9-10,12-13,15-16,19H2,1-4H3,(H,40,46)(H,39,41,42). The highest BCUT2D eigenvalue weighted by Crippen LogP contribution is 2.37. The van der Waals surface area contributed by atoms with Gasteiger partial charge in [-0.2, -0.15) is 4.98 Å². The number of amides is 1. The number of hydrogen-bond acceptors (Lipinski definition) is 7. The molecule has 4 aromatic rings. The summed E-state index contributed by atoms with van der Waals surface area (Å²) in [5.74, 6) is -0.254. The number of benzene rings is 2. The number of nitrogens with zero attached hydrogens (tertiary/aromatic N) is 5. The van der Waals surface area contributed by atoms with E-state index in [0.717, 1.165) is 43.9 Å². The van der Waals surface area contributed by atoms with Gasteiger partial charge in [-0.3, -0.25) is 14.2 Å². The molecule has 2 N–H and O–H groups in total. The number of carbonyl (C=O) groups is 1. The molecule has 2 aromatic heterocycles. The van der Waals surface area contributed by atoms with Crippen molar-refractivity contribution in [3.05, 3.63) is 74.4 Å². The van der Waals surface area contributed by atoms with E-state index in [1.54, 1.807) is 22.9 Å². The molecule has 1 amide bonds. The fraction of sp³-hybridized carbons (Fsp3) is 0.429. The molecule has 1 atom stereocenters. The highest BCUT2D eigenvalue weighted by Gasteiger charge is 2.29. The van der Waals surface area contributed by atoms with Crippen LogP contribution in [0.15, 0.2) is 47.4 Å². The minimum absolute atomic E-state index is 0.0177. The Hall–Kier alpha value is -3.73. The van der Waals surface area contributed by atoms with E-state index in [2.05, 4.69) is 39.4 Å². The van der Waals surface area contributed by atoms with E-state index < -0.39 is 5.82 Å². The highest BCUT2D eigenvalue weighted by atomic mass is 35.5. The number of fused-ring (bicyclic) bond motifs is 1. The molecule has 3 heterocycles. The molecule has 47 heavy (non-hydrogen) atoms. The second-order valence-corrected chi connectivity index (χ2v) is 13.5. The lowest BCUT2D eigenvalue weighted by Crippen LogP contribution is -2.50. The van der Waals surface area contributed by atoms with Gasteiger partial charge in [0.05, 0.1) is 21.3 Å². The van der Waals surface area contributed by atoms with Crippen LogP contribution in [0.4, 0.5) is 21.7 Å². The van der Waals surface area contributed by atoms with Crippen LogP contribution in [-0.2, 0) is 4.79 Å². The molecule has 1 unspecified atom stereocenters. The van der Waals surface area contributed by atoms with Crippen molar-refractivity contribution in [2.24, 2.45) is 0 Å². The Balaban J connectivity index is 1.38. The summed E-state index contributed by atoms with van der Waals surface area (Å²) in [6, 6.07) is 10.6. The van der Waals surface area contributed by atoms with Gasteiger partial charge in [0.25, 0.3) is 5.56 Å². The van der Waals surface area contributed by atoms with Gasteiger partial charge < -0.3 is 20.4 Å². The third kappa shape index (κ3) is 6.68. The zero-order valence-electron chi connectivity index (χ0n) is 27.1. The number of aromatic nitrogens is 3. The Morgan fingerprint density at radius 3 is 2.57 bits per heavy atom. The molecule has 1 saturated carbocycles. The summed E-state index contributed by atoms with van der Waals surface area (Å²) < 4.78 is 16.3. The van der Waals surface area contributed by atoms with Gasteiger partial charge in [-0.1, -0.05) is 42.3 Å². The van der Waals surface area contributed by atoms with Gasteiger partial charge in [0.15, 0.2) is 0 Å². The first-order chi connectivity index (χ1) is 22.5. The number of hydrogen-bond donors (Lipinski definition) is 2. The summed E-state index contributed by atoms with van der Waals surface area (Å²) in [7, 11) is 2.14. The molecule has 2 aliphatic rings. The molecule has 6 rings (SSSR count). The van der Waals surface area contributed by atoms with Crippen molar-refractivity contribution in [3.63, 3.8) is 0 Å². The minimum Gasteiger partial charge on any atom is -0.367 e. The number of piperazine rings is 1. The first-order valence-corrected chi connectivity index (χ1v) is 17.0. The van der Waals surface area contributed by atoms with Crippen LogP contribution in [-0.4, -0.2) is 64.1 Å². The van der Waals surface area contributed by atoms with Gasteiger partial charge in [-0.05, 0) is 76.4 Å². The third-order valence-electron chi connectivity index (χ3n) is 9.68. The number of rotatable bonds is 7. The lowest BCUT2D eigenvalue weighted by Gasteiger charge is -2.39. The summed E-state index contributed by atoms with van der Waals surface area (Å²) in [5, 5.41) is 7.57. The van der Waals surface area contributed by atoms with Gasteiger partial charge in [-0.25, -0.2) is 9.37 Å². The topological polar surface area (TPSA) is 95.4 Å². The van der Waals surface area contributed by atoms with Crippen LogP contribution in [0.5, 0.6) is 0 Å². The van der Waals surface area contributed by atoms with E-state index in [-0.39, 0.29) is 28.6 Å². The molecule has 1 aliphatic carbocycles.